The summed E-state index contributed by atoms with van der Waals surface area (Å²) >= 11 is 0. The topological polar surface area (TPSA) is 67.4 Å². The van der Waals surface area contributed by atoms with E-state index in [0.717, 1.165) is 47.8 Å². The van der Waals surface area contributed by atoms with Crippen molar-refractivity contribution in [2.45, 2.75) is 6.54 Å². The van der Waals surface area contributed by atoms with Gasteiger partial charge in [-0.25, -0.2) is 4.98 Å². The quantitative estimate of drug-likeness (QED) is 0.343. The molecule has 2 aromatic carbocycles. The molecule has 4 aromatic rings. The molecule has 4 N–H and O–H groups in total. The molecule has 0 aliphatic rings. The van der Waals surface area contributed by atoms with E-state index in [-0.39, 0.29) is 0 Å². The summed E-state index contributed by atoms with van der Waals surface area (Å²) in [5.41, 5.74) is 13.4. The molecule has 2 aromatic heterocycles. The zero-order valence-electron chi connectivity index (χ0n) is 16.0. The number of nitrogens with two attached hydrogens (primary N) is 1. The van der Waals surface area contributed by atoms with Crippen LogP contribution < -0.4 is 16.4 Å². The number of pyridine rings is 1. The Balaban J connectivity index is 1.60. The Bertz CT molecular complexity index is 1080. The SMILES string of the molecule is CNCCNCc1cccc(-c2ccn3c(-c4cccc(N)c4)cnc3c2)c1. The van der Waals surface area contributed by atoms with Crippen LogP contribution in [-0.4, -0.2) is 29.5 Å². The maximum Gasteiger partial charge on any atom is 0.137 e. The first-order chi connectivity index (χ1) is 13.7. The largest absolute Gasteiger partial charge is 0.399 e. The molecule has 0 spiro atoms. The molecule has 0 atom stereocenters. The van der Waals surface area contributed by atoms with E-state index < -0.39 is 0 Å². The third-order valence-corrected chi connectivity index (χ3v) is 4.84. The normalized spacial score (nSPS) is 11.2. The Hall–Kier alpha value is -3.15. The lowest BCUT2D eigenvalue weighted by atomic mass is 10.0. The molecule has 0 bridgehead atoms. The van der Waals surface area contributed by atoms with Crippen LogP contribution in [0.1, 0.15) is 5.56 Å². The number of imidazole rings is 1. The number of nitrogens with zero attached hydrogens (tertiary/aromatic N) is 2. The van der Waals surface area contributed by atoms with Gasteiger partial charge in [-0.2, -0.15) is 0 Å². The second-order valence-electron chi connectivity index (χ2n) is 6.89. The number of hydrogen-bond donors (Lipinski definition) is 3. The maximum absolute atomic E-state index is 5.94. The van der Waals surface area contributed by atoms with Crippen LogP contribution >= 0.6 is 0 Å². The number of aromatic nitrogens is 2. The van der Waals surface area contributed by atoms with Gasteiger partial charge in [0, 0.05) is 37.1 Å². The lowest BCUT2D eigenvalue weighted by Crippen LogP contribution is -2.24. The first kappa shape index (κ1) is 18.2. The van der Waals surface area contributed by atoms with Gasteiger partial charge >= 0.3 is 0 Å². The number of rotatable bonds is 7. The molecular weight excluding hydrogens is 346 g/mol. The van der Waals surface area contributed by atoms with Gasteiger partial charge in [-0.05, 0) is 54.1 Å². The highest BCUT2D eigenvalue weighted by Gasteiger charge is 2.08. The van der Waals surface area contributed by atoms with Crippen LogP contribution in [0.4, 0.5) is 5.69 Å². The van der Waals surface area contributed by atoms with Gasteiger partial charge in [0.05, 0.1) is 11.9 Å². The second kappa shape index (κ2) is 8.25. The van der Waals surface area contributed by atoms with Gasteiger partial charge in [-0.1, -0.05) is 30.3 Å². The Kier molecular flexibility index (Phi) is 5.37. The van der Waals surface area contributed by atoms with E-state index >= 15 is 0 Å². The zero-order chi connectivity index (χ0) is 19.3. The lowest BCUT2D eigenvalue weighted by Gasteiger charge is -2.08. The fraction of sp³-hybridized carbons (Fsp3) is 0.174. The Morgan fingerprint density at radius 1 is 0.929 bits per heavy atom. The van der Waals surface area contributed by atoms with Gasteiger partial charge < -0.3 is 16.4 Å². The van der Waals surface area contributed by atoms with Crippen LogP contribution in [0.15, 0.2) is 73.1 Å². The van der Waals surface area contributed by atoms with Crippen molar-refractivity contribution < 1.29 is 0 Å². The zero-order valence-corrected chi connectivity index (χ0v) is 16.0. The predicted octanol–water partition coefficient (Wildman–Crippen LogP) is 3.56. The summed E-state index contributed by atoms with van der Waals surface area (Å²) < 4.78 is 2.10. The van der Waals surface area contributed by atoms with Gasteiger partial charge in [0.15, 0.2) is 0 Å². The van der Waals surface area contributed by atoms with E-state index in [0.29, 0.717) is 0 Å². The summed E-state index contributed by atoms with van der Waals surface area (Å²) in [6.07, 6.45) is 3.98. The summed E-state index contributed by atoms with van der Waals surface area (Å²) in [6, 6.07) is 20.8. The Labute approximate surface area is 165 Å². The number of benzene rings is 2. The van der Waals surface area contributed by atoms with Crippen molar-refractivity contribution in [3.63, 3.8) is 0 Å². The molecular formula is C23H25N5. The van der Waals surface area contributed by atoms with Crippen LogP contribution in [0.3, 0.4) is 0 Å². The van der Waals surface area contributed by atoms with Crippen LogP contribution in [0, 0.1) is 0 Å². The Morgan fingerprint density at radius 2 is 1.75 bits per heavy atom. The minimum Gasteiger partial charge on any atom is -0.399 e. The average molecular weight is 371 g/mol. The van der Waals surface area contributed by atoms with Crippen molar-refractivity contribution >= 4 is 11.3 Å². The number of fused-ring (bicyclic) bond motifs is 1. The molecule has 0 unspecified atom stereocenters. The maximum atomic E-state index is 5.94. The van der Waals surface area contributed by atoms with Crippen molar-refractivity contribution in [2.75, 3.05) is 25.9 Å². The molecule has 142 valence electrons. The highest BCUT2D eigenvalue weighted by atomic mass is 15.0. The Morgan fingerprint density at radius 3 is 2.61 bits per heavy atom. The molecule has 0 fully saturated rings. The molecule has 0 radical (unpaired) electrons. The molecule has 0 saturated carbocycles. The minimum atomic E-state index is 0.754. The van der Waals surface area contributed by atoms with Crippen LogP contribution in [0.25, 0.3) is 28.0 Å². The third-order valence-electron chi connectivity index (χ3n) is 4.84. The number of anilines is 1. The summed E-state index contributed by atoms with van der Waals surface area (Å²) in [6.45, 7) is 2.78. The van der Waals surface area contributed by atoms with Gasteiger partial charge in [0.1, 0.15) is 5.65 Å². The van der Waals surface area contributed by atoms with E-state index in [2.05, 4.69) is 68.7 Å². The smallest absolute Gasteiger partial charge is 0.137 e. The van der Waals surface area contributed by atoms with Crippen molar-refractivity contribution in [1.82, 2.24) is 20.0 Å². The van der Waals surface area contributed by atoms with Crippen molar-refractivity contribution in [3.8, 4) is 22.4 Å². The molecule has 0 aliphatic heterocycles. The van der Waals surface area contributed by atoms with Crippen LogP contribution in [0.2, 0.25) is 0 Å². The predicted molar refractivity (Wildman–Crippen MR) is 116 cm³/mol. The van der Waals surface area contributed by atoms with Gasteiger partial charge in [0.25, 0.3) is 0 Å². The summed E-state index contributed by atoms with van der Waals surface area (Å²) in [5.74, 6) is 0. The molecule has 4 rings (SSSR count). The number of nitrogens with one attached hydrogen (secondary N) is 2. The first-order valence-electron chi connectivity index (χ1n) is 9.52. The number of likely N-dealkylation sites (N-methyl/N-ethyl adjacent to an activating group) is 1. The monoisotopic (exact) mass is 371 g/mol. The highest BCUT2D eigenvalue weighted by Crippen LogP contribution is 2.26. The molecule has 2 heterocycles. The first-order valence-corrected chi connectivity index (χ1v) is 9.52. The summed E-state index contributed by atoms with van der Waals surface area (Å²) in [7, 11) is 1.96. The molecule has 0 saturated heterocycles. The van der Waals surface area contributed by atoms with Crippen molar-refractivity contribution in [3.05, 3.63) is 78.6 Å². The molecule has 5 nitrogen and oxygen atoms in total. The van der Waals surface area contributed by atoms with E-state index in [9.17, 15) is 0 Å². The third kappa shape index (κ3) is 3.91. The second-order valence-corrected chi connectivity index (χ2v) is 6.89. The summed E-state index contributed by atoms with van der Waals surface area (Å²) in [4.78, 5) is 4.61. The highest BCUT2D eigenvalue weighted by molar-refractivity contribution is 5.72. The fourth-order valence-electron chi connectivity index (χ4n) is 3.38. The molecule has 5 heteroatoms. The van der Waals surface area contributed by atoms with Crippen molar-refractivity contribution in [2.24, 2.45) is 0 Å². The van der Waals surface area contributed by atoms with E-state index in [1.807, 2.05) is 31.4 Å². The summed E-state index contributed by atoms with van der Waals surface area (Å²) in [5, 5.41) is 6.59. The van der Waals surface area contributed by atoms with Crippen molar-refractivity contribution in [1.29, 1.82) is 0 Å². The minimum absolute atomic E-state index is 0.754. The van der Waals surface area contributed by atoms with Crippen LogP contribution in [-0.2, 0) is 6.54 Å². The van der Waals surface area contributed by atoms with Gasteiger partial charge in [0.2, 0.25) is 0 Å². The average Bonchev–Trinajstić information content (AvgIpc) is 3.15. The molecule has 0 aliphatic carbocycles. The lowest BCUT2D eigenvalue weighted by molar-refractivity contribution is 0.651. The fourth-order valence-corrected chi connectivity index (χ4v) is 3.38. The van der Waals surface area contributed by atoms with Crippen LogP contribution in [0.5, 0.6) is 0 Å². The number of hydrogen-bond acceptors (Lipinski definition) is 4. The van der Waals surface area contributed by atoms with E-state index in [1.54, 1.807) is 0 Å². The van der Waals surface area contributed by atoms with E-state index in [4.69, 9.17) is 5.73 Å². The van der Waals surface area contributed by atoms with Gasteiger partial charge in [-0.15, -0.1) is 0 Å². The van der Waals surface area contributed by atoms with Gasteiger partial charge in [-0.3, -0.25) is 4.40 Å². The standard InChI is InChI=1S/C23H25N5/c1-25-9-10-26-15-17-4-2-5-18(12-17)19-8-11-28-22(16-27-23(28)14-19)20-6-3-7-21(24)13-20/h2-8,11-14,16,25-26H,9-10,15,24H2,1H3. The number of nitrogen functional groups attached to an aromatic ring is 1. The van der Waals surface area contributed by atoms with E-state index in [1.165, 1.54) is 11.1 Å². The molecule has 28 heavy (non-hydrogen) atoms. The molecule has 0 amide bonds.